The average Bonchev–Trinajstić information content (AvgIpc) is 2.57. The van der Waals surface area contributed by atoms with E-state index in [4.69, 9.17) is 0 Å². The molecule has 25 heavy (non-hydrogen) atoms. The Bertz CT molecular complexity index is 653. The number of amides is 2. The summed E-state index contributed by atoms with van der Waals surface area (Å²) < 4.78 is 13.6. The highest BCUT2D eigenvalue weighted by Crippen LogP contribution is 2.59. The number of hydrogen-bond donors (Lipinski definition) is 2. The molecule has 2 N–H and O–H groups in total. The van der Waals surface area contributed by atoms with Crippen LogP contribution >= 0.6 is 0 Å². The zero-order valence-corrected chi connectivity index (χ0v) is 14.4. The van der Waals surface area contributed by atoms with Crippen LogP contribution in [-0.2, 0) is 4.79 Å². The van der Waals surface area contributed by atoms with Gasteiger partial charge in [-0.2, -0.15) is 0 Å². The van der Waals surface area contributed by atoms with Crippen LogP contribution in [-0.4, -0.2) is 24.9 Å². The molecular weight excluding hydrogens is 319 g/mol. The molecule has 4 nitrogen and oxygen atoms in total. The molecule has 4 saturated carbocycles. The molecular formula is C20H25FN2O2. The molecule has 5 heteroatoms. The normalized spacial score (nSPS) is 32.4. The van der Waals surface area contributed by atoms with Crippen molar-refractivity contribution in [3.63, 3.8) is 0 Å². The lowest BCUT2D eigenvalue weighted by atomic mass is 9.49. The number of carbonyl (C=O) groups is 2. The third-order valence-electron chi connectivity index (χ3n) is 6.35. The van der Waals surface area contributed by atoms with Crippen molar-refractivity contribution < 1.29 is 14.0 Å². The number of hydrogen-bond acceptors (Lipinski definition) is 2. The van der Waals surface area contributed by atoms with E-state index in [2.05, 4.69) is 10.6 Å². The van der Waals surface area contributed by atoms with Crippen LogP contribution in [0.4, 0.5) is 4.39 Å². The van der Waals surface area contributed by atoms with Gasteiger partial charge in [0.05, 0.1) is 12.1 Å². The summed E-state index contributed by atoms with van der Waals surface area (Å²) in [6.07, 6.45) is 7.85. The molecule has 1 aromatic carbocycles. The molecule has 1 aromatic rings. The molecule has 0 heterocycles. The first-order valence-electron chi connectivity index (χ1n) is 9.32. The lowest BCUT2D eigenvalue weighted by molar-refractivity contribution is -0.122. The molecule has 0 aromatic heterocycles. The van der Waals surface area contributed by atoms with E-state index in [0.29, 0.717) is 6.54 Å². The minimum Gasteiger partial charge on any atom is -0.354 e. The van der Waals surface area contributed by atoms with E-state index in [0.717, 1.165) is 17.8 Å². The van der Waals surface area contributed by atoms with Crippen LogP contribution in [0.2, 0.25) is 0 Å². The second kappa shape index (κ2) is 6.43. The summed E-state index contributed by atoms with van der Waals surface area (Å²) in [5.41, 5.74) is 0.247. The summed E-state index contributed by atoms with van der Waals surface area (Å²) in [7, 11) is 0. The SMILES string of the molecule is O=C(CNC(=O)c1ccccc1F)NCC12CC3CC(CC(C3)C1)C2. The Kier molecular flexibility index (Phi) is 4.26. The number of halogens is 1. The van der Waals surface area contributed by atoms with Crippen LogP contribution in [0.5, 0.6) is 0 Å². The highest BCUT2D eigenvalue weighted by molar-refractivity contribution is 5.96. The van der Waals surface area contributed by atoms with Crippen molar-refractivity contribution in [1.29, 1.82) is 0 Å². The number of benzene rings is 1. The molecule has 0 atom stereocenters. The summed E-state index contributed by atoms with van der Waals surface area (Å²) in [4.78, 5) is 24.1. The highest BCUT2D eigenvalue weighted by Gasteiger charge is 2.50. The molecule has 0 radical (unpaired) electrons. The van der Waals surface area contributed by atoms with Crippen LogP contribution in [0.15, 0.2) is 24.3 Å². The smallest absolute Gasteiger partial charge is 0.254 e. The lowest BCUT2D eigenvalue weighted by Gasteiger charge is -2.56. The summed E-state index contributed by atoms with van der Waals surface area (Å²) in [5.74, 6) is 1.23. The molecule has 4 fully saturated rings. The van der Waals surface area contributed by atoms with E-state index in [1.54, 1.807) is 6.07 Å². The molecule has 4 bridgehead atoms. The van der Waals surface area contributed by atoms with Crippen molar-refractivity contribution in [1.82, 2.24) is 10.6 Å². The summed E-state index contributed by atoms with van der Waals surface area (Å²) in [5, 5.41) is 5.52. The van der Waals surface area contributed by atoms with Crippen LogP contribution < -0.4 is 10.6 Å². The van der Waals surface area contributed by atoms with E-state index >= 15 is 0 Å². The van der Waals surface area contributed by atoms with E-state index in [-0.39, 0.29) is 23.4 Å². The maximum atomic E-state index is 13.6. The third kappa shape index (κ3) is 3.42. The van der Waals surface area contributed by atoms with Crippen molar-refractivity contribution in [2.75, 3.05) is 13.1 Å². The van der Waals surface area contributed by atoms with Gasteiger partial charge in [0.15, 0.2) is 0 Å². The summed E-state index contributed by atoms with van der Waals surface area (Å²) >= 11 is 0. The minimum atomic E-state index is -0.575. The highest BCUT2D eigenvalue weighted by atomic mass is 19.1. The van der Waals surface area contributed by atoms with Crippen LogP contribution in [0.3, 0.4) is 0 Å². The van der Waals surface area contributed by atoms with Crippen molar-refractivity contribution in [2.24, 2.45) is 23.2 Å². The molecule has 2 amide bonds. The topological polar surface area (TPSA) is 58.2 Å². The van der Waals surface area contributed by atoms with E-state index < -0.39 is 11.7 Å². The maximum Gasteiger partial charge on any atom is 0.254 e. The quantitative estimate of drug-likeness (QED) is 0.863. The minimum absolute atomic E-state index is 0.0311. The first-order chi connectivity index (χ1) is 12.0. The Balaban J connectivity index is 1.27. The van der Waals surface area contributed by atoms with Gasteiger partial charge in [-0.3, -0.25) is 9.59 Å². The molecule has 5 rings (SSSR count). The van der Waals surface area contributed by atoms with Gasteiger partial charge in [0.1, 0.15) is 5.82 Å². The number of nitrogens with one attached hydrogen (secondary N) is 2. The predicted octanol–water partition coefficient (Wildman–Crippen LogP) is 2.89. The van der Waals surface area contributed by atoms with Gasteiger partial charge < -0.3 is 10.6 Å². The fourth-order valence-electron chi connectivity index (χ4n) is 5.76. The van der Waals surface area contributed by atoms with Crippen molar-refractivity contribution >= 4 is 11.8 Å². The molecule has 0 unspecified atom stereocenters. The fraction of sp³-hybridized carbons (Fsp3) is 0.600. The molecule has 4 aliphatic rings. The Hall–Kier alpha value is -1.91. The van der Waals surface area contributed by atoms with Crippen LogP contribution in [0, 0.1) is 29.0 Å². The summed E-state index contributed by atoms with van der Waals surface area (Å²) in [6.45, 7) is 0.602. The average molecular weight is 344 g/mol. The van der Waals surface area contributed by atoms with Gasteiger partial charge in [0, 0.05) is 6.54 Å². The standard InChI is InChI=1S/C20H25FN2O2/c21-17-4-2-1-3-16(17)19(25)22-11-18(24)23-12-20-8-13-5-14(9-20)7-15(6-13)10-20/h1-4,13-15H,5-12H2,(H,22,25)(H,23,24). The molecule has 0 aliphatic heterocycles. The second-order valence-electron chi connectivity index (χ2n) is 8.36. The maximum absolute atomic E-state index is 13.6. The molecule has 4 aliphatic carbocycles. The molecule has 0 saturated heterocycles. The monoisotopic (exact) mass is 344 g/mol. The zero-order valence-electron chi connectivity index (χ0n) is 14.4. The van der Waals surface area contributed by atoms with Gasteiger partial charge >= 0.3 is 0 Å². The van der Waals surface area contributed by atoms with Gasteiger partial charge in [-0.15, -0.1) is 0 Å². The lowest BCUT2D eigenvalue weighted by Crippen LogP contribution is -2.52. The largest absolute Gasteiger partial charge is 0.354 e. The predicted molar refractivity (Wildman–Crippen MR) is 92.3 cm³/mol. The fourth-order valence-corrected chi connectivity index (χ4v) is 5.76. The number of rotatable bonds is 5. The van der Waals surface area contributed by atoms with Gasteiger partial charge in [-0.1, -0.05) is 12.1 Å². The third-order valence-corrected chi connectivity index (χ3v) is 6.35. The van der Waals surface area contributed by atoms with Crippen LogP contribution in [0.25, 0.3) is 0 Å². The Morgan fingerprint density at radius 2 is 1.60 bits per heavy atom. The Morgan fingerprint density at radius 3 is 2.20 bits per heavy atom. The van der Waals surface area contributed by atoms with Crippen molar-refractivity contribution in [3.05, 3.63) is 35.6 Å². The van der Waals surface area contributed by atoms with Gasteiger partial charge in [0.2, 0.25) is 5.91 Å². The van der Waals surface area contributed by atoms with E-state index in [1.807, 2.05) is 0 Å². The van der Waals surface area contributed by atoms with Crippen molar-refractivity contribution in [2.45, 2.75) is 38.5 Å². The molecule has 134 valence electrons. The summed E-state index contributed by atoms with van der Waals surface area (Å²) in [6, 6.07) is 5.79. The van der Waals surface area contributed by atoms with E-state index in [1.165, 1.54) is 56.7 Å². The molecule has 0 spiro atoms. The first-order valence-corrected chi connectivity index (χ1v) is 9.32. The Morgan fingerprint density at radius 1 is 1.00 bits per heavy atom. The van der Waals surface area contributed by atoms with Crippen LogP contribution in [0.1, 0.15) is 48.9 Å². The number of carbonyl (C=O) groups excluding carboxylic acids is 2. The Labute approximate surface area is 147 Å². The first kappa shape index (κ1) is 16.6. The zero-order chi connectivity index (χ0) is 17.4. The second-order valence-corrected chi connectivity index (χ2v) is 8.36. The van der Waals surface area contributed by atoms with Gasteiger partial charge in [-0.25, -0.2) is 4.39 Å². The van der Waals surface area contributed by atoms with E-state index in [9.17, 15) is 14.0 Å². The van der Waals surface area contributed by atoms with Gasteiger partial charge in [0.25, 0.3) is 5.91 Å². The van der Waals surface area contributed by atoms with Gasteiger partial charge in [-0.05, 0) is 73.8 Å². The van der Waals surface area contributed by atoms with Crippen molar-refractivity contribution in [3.8, 4) is 0 Å².